The molecule has 0 saturated carbocycles. The second kappa shape index (κ2) is 3.69. The molecule has 4 nitrogen and oxygen atoms in total. The minimum absolute atomic E-state index is 0.0715. The lowest BCUT2D eigenvalue weighted by molar-refractivity contribution is -0.124. The van der Waals surface area contributed by atoms with Crippen molar-refractivity contribution in [3.8, 4) is 5.75 Å². The standard InChI is InChI=1S/C10H10BrFN2O2/c1-5-2-6-7(8(11)14-5)16-4-10(6,3-12)9(13)15/h2H,3-4H2,1H3,(H2,13,15). The Labute approximate surface area is 100 Å². The van der Waals surface area contributed by atoms with E-state index < -0.39 is 18.0 Å². The molecule has 0 aliphatic carbocycles. The summed E-state index contributed by atoms with van der Waals surface area (Å²) >= 11 is 3.22. The Hall–Kier alpha value is -1.17. The van der Waals surface area contributed by atoms with Gasteiger partial charge in [-0.25, -0.2) is 9.37 Å². The number of aromatic nitrogens is 1. The smallest absolute Gasteiger partial charge is 0.234 e. The number of nitrogens with zero attached hydrogens (tertiary/aromatic N) is 1. The maximum absolute atomic E-state index is 13.1. The number of alkyl halides is 1. The quantitative estimate of drug-likeness (QED) is 0.833. The van der Waals surface area contributed by atoms with Gasteiger partial charge in [0.2, 0.25) is 5.91 Å². The number of hydrogen-bond donors (Lipinski definition) is 1. The first-order valence-electron chi connectivity index (χ1n) is 4.67. The first-order chi connectivity index (χ1) is 7.51. The highest BCUT2D eigenvalue weighted by atomic mass is 79.9. The molecular formula is C10H10BrFN2O2. The third kappa shape index (κ3) is 1.40. The summed E-state index contributed by atoms with van der Waals surface area (Å²) in [5, 5.41) is 0. The Morgan fingerprint density at radius 2 is 2.50 bits per heavy atom. The van der Waals surface area contributed by atoms with E-state index in [1.165, 1.54) is 0 Å². The first-order valence-corrected chi connectivity index (χ1v) is 5.47. The van der Waals surface area contributed by atoms with Crippen LogP contribution in [0.25, 0.3) is 0 Å². The molecule has 1 amide bonds. The van der Waals surface area contributed by atoms with E-state index in [0.29, 0.717) is 21.6 Å². The van der Waals surface area contributed by atoms with Gasteiger partial charge in [-0.1, -0.05) is 0 Å². The lowest BCUT2D eigenvalue weighted by Crippen LogP contribution is -2.44. The molecule has 1 aromatic rings. The van der Waals surface area contributed by atoms with E-state index in [4.69, 9.17) is 10.5 Å². The molecule has 1 aliphatic rings. The number of nitrogens with two attached hydrogens (primary N) is 1. The van der Waals surface area contributed by atoms with E-state index in [-0.39, 0.29) is 6.61 Å². The van der Waals surface area contributed by atoms with E-state index in [0.717, 1.165) is 0 Å². The zero-order valence-electron chi connectivity index (χ0n) is 8.59. The van der Waals surface area contributed by atoms with E-state index in [2.05, 4.69) is 20.9 Å². The molecule has 16 heavy (non-hydrogen) atoms. The Bertz CT molecular complexity index is 466. The molecule has 6 heteroatoms. The minimum Gasteiger partial charge on any atom is -0.489 e. The van der Waals surface area contributed by atoms with E-state index in [1.807, 2.05) is 0 Å². The molecule has 0 spiro atoms. The third-order valence-corrected chi connectivity index (χ3v) is 3.28. The average molecular weight is 289 g/mol. The Kier molecular flexibility index (Phi) is 2.61. The van der Waals surface area contributed by atoms with Crippen LogP contribution in [0.3, 0.4) is 0 Å². The van der Waals surface area contributed by atoms with Crippen molar-refractivity contribution in [2.45, 2.75) is 12.3 Å². The van der Waals surface area contributed by atoms with Gasteiger partial charge in [-0.3, -0.25) is 4.79 Å². The van der Waals surface area contributed by atoms with Crippen molar-refractivity contribution in [2.24, 2.45) is 5.73 Å². The number of hydrogen-bond acceptors (Lipinski definition) is 3. The molecule has 0 aromatic carbocycles. The van der Waals surface area contributed by atoms with E-state index >= 15 is 0 Å². The van der Waals surface area contributed by atoms with Crippen LogP contribution in [-0.2, 0) is 10.2 Å². The predicted octanol–water partition coefficient (Wildman–Crippen LogP) is 1.24. The highest BCUT2D eigenvalue weighted by Crippen LogP contribution is 2.43. The maximum atomic E-state index is 13.1. The second-order valence-corrected chi connectivity index (χ2v) is 4.55. The van der Waals surface area contributed by atoms with Gasteiger partial charge in [-0.15, -0.1) is 0 Å². The van der Waals surface area contributed by atoms with Gasteiger partial charge in [0.15, 0.2) is 5.75 Å². The molecular weight excluding hydrogens is 279 g/mol. The summed E-state index contributed by atoms with van der Waals surface area (Å²) in [5.41, 5.74) is 5.04. The van der Waals surface area contributed by atoms with Crippen LogP contribution in [0.15, 0.2) is 10.7 Å². The van der Waals surface area contributed by atoms with Gasteiger partial charge in [0, 0.05) is 11.3 Å². The monoisotopic (exact) mass is 288 g/mol. The van der Waals surface area contributed by atoms with Gasteiger partial charge in [-0.05, 0) is 28.9 Å². The van der Waals surface area contributed by atoms with Crippen LogP contribution in [0.4, 0.5) is 4.39 Å². The Morgan fingerprint density at radius 3 is 3.06 bits per heavy atom. The number of fused-ring (bicyclic) bond motifs is 1. The maximum Gasteiger partial charge on any atom is 0.234 e. The van der Waals surface area contributed by atoms with Crippen LogP contribution in [-0.4, -0.2) is 24.2 Å². The van der Waals surface area contributed by atoms with Crippen LogP contribution in [0.1, 0.15) is 11.3 Å². The van der Waals surface area contributed by atoms with Crippen LogP contribution < -0.4 is 10.5 Å². The van der Waals surface area contributed by atoms with Crippen molar-refractivity contribution < 1.29 is 13.9 Å². The summed E-state index contributed by atoms with van der Waals surface area (Å²) in [5.74, 6) is -0.312. The molecule has 2 rings (SSSR count). The Balaban J connectivity index is 2.66. The van der Waals surface area contributed by atoms with Crippen molar-refractivity contribution >= 4 is 21.8 Å². The summed E-state index contributed by atoms with van der Waals surface area (Å²) in [6.07, 6.45) is 0. The molecule has 86 valence electrons. The zero-order chi connectivity index (χ0) is 11.9. The SMILES string of the molecule is Cc1cc2c(c(Br)n1)OCC2(CF)C(N)=O. The molecule has 0 radical (unpaired) electrons. The number of primary amides is 1. The summed E-state index contributed by atoms with van der Waals surface area (Å²) in [6.45, 7) is 0.816. The van der Waals surface area contributed by atoms with Gasteiger partial charge >= 0.3 is 0 Å². The van der Waals surface area contributed by atoms with E-state index in [9.17, 15) is 9.18 Å². The van der Waals surface area contributed by atoms with Gasteiger partial charge in [0.05, 0.1) is 0 Å². The van der Waals surface area contributed by atoms with Gasteiger partial charge in [-0.2, -0.15) is 0 Å². The number of halogens is 2. The normalized spacial score (nSPS) is 22.7. The van der Waals surface area contributed by atoms with Crippen molar-refractivity contribution in [2.75, 3.05) is 13.3 Å². The van der Waals surface area contributed by atoms with Gasteiger partial charge in [0.25, 0.3) is 0 Å². The summed E-state index contributed by atoms with van der Waals surface area (Å²) in [4.78, 5) is 15.5. The van der Waals surface area contributed by atoms with E-state index in [1.54, 1.807) is 13.0 Å². The zero-order valence-corrected chi connectivity index (χ0v) is 10.2. The molecule has 1 aliphatic heterocycles. The number of pyridine rings is 1. The fourth-order valence-electron chi connectivity index (χ4n) is 1.77. The topological polar surface area (TPSA) is 65.2 Å². The Morgan fingerprint density at radius 1 is 1.81 bits per heavy atom. The molecule has 1 atom stereocenters. The molecule has 1 aromatic heterocycles. The fourth-order valence-corrected chi connectivity index (χ4v) is 2.38. The van der Waals surface area contributed by atoms with Crippen molar-refractivity contribution in [3.05, 3.63) is 21.9 Å². The fraction of sp³-hybridized carbons (Fsp3) is 0.400. The van der Waals surface area contributed by atoms with Crippen LogP contribution in [0, 0.1) is 6.92 Å². The number of rotatable bonds is 2. The molecule has 2 N–H and O–H groups in total. The second-order valence-electron chi connectivity index (χ2n) is 3.80. The first kappa shape index (κ1) is 11.3. The number of amides is 1. The number of carbonyl (C=O) groups is 1. The largest absolute Gasteiger partial charge is 0.489 e. The molecule has 0 bridgehead atoms. The van der Waals surface area contributed by atoms with Crippen molar-refractivity contribution in [1.29, 1.82) is 0 Å². The minimum atomic E-state index is -1.37. The summed E-state index contributed by atoms with van der Waals surface area (Å²) in [7, 11) is 0. The van der Waals surface area contributed by atoms with Crippen LogP contribution in [0.2, 0.25) is 0 Å². The molecule has 1 unspecified atom stereocenters. The lowest BCUT2D eigenvalue weighted by atomic mass is 9.83. The number of carbonyl (C=O) groups excluding carboxylic acids is 1. The third-order valence-electron chi connectivity index (χ3n) is 2.74. The van der Waals surface area contributed by atoms with Crippen LogP contribution in [0.5, 0.6) is 5.75 Å². The molecule has 0 fully saturated rings. The average Bonchev–Trinajstić information content (AvgIpc) is 2.57. The molecule has 0 saturated heterocycles. The van der Waals surface area contributed by atoms with Gasteiger partial charge < -0.3 is 10.5 Å². The summed E-state index contributed by atoms with van der Waals surface area (Å²) in [6, 6.07) is 1.64. The predicted molar refractivity (Wildman–Crippen MR) is 59.0 cm³/mol. The molecule has 2 heterocycles. The highest BCUT2D eigenvalue weighted by Gasteiger charge is 2.47. The van der Waals surface area contributed by atoms with Crippen molar-refractivity contribution in [3.63, 3.8) is 0 Å². The van der Waals surface area contributed by atoms with Crippen LogP contribution >= 0.6 is 15.9 Å². The number of ether oxygens (including phenoxy) is 1. The lowest BCUT2D eigenvalue weighted by Gasteiger charge is -2.19. The summed E-state index contributed by atoms with van der Waals surface area (Å²) < 4.78 is 18.9. The highest BCUT2D eigenvalue weighted by molar-refractivity contribution is 9.10. The number of aryl methyl sites for hydroxylation is 1. The van der Waals surface area contributed by atoms with Crippen molar-refractivity contribution in [1.82, 2.24) is 4.98 Å². The van der Waals surface area contributed by atoms with Gasteiger partial charge in [0.1, 0.15) is 23.3 Å².